The van der Waals surface area contributed by atoms with Crippen molar-refractivity contribution in [1.29, 1.82) is 0 Å². The van der Waals surface area contributed by atoms with Crippen LogP contribution < -0.4 is 4.74 Å². The maximum Gasteiger partial charge on any atom is 0.118 e. The molecule has 1 aromatic carbocycles. The van der Waals surface area contributed by atoms with Crippen LogP contribution in [0.3, 0.4) is 0 Å². The van der Waals surface area contributed by atoms with Gasteiger partial charge in [-0.05, 0) is 44.6 Å². The van der Waals surface area contributed by atoms with E-state index in [1.807, 2.05) is 12.1 Å². The van der Waals surface area contributed by atoms with E-state index >= 15 is 0 Å². The summed E-state index contributed by atoms with van der Waals surface area (Å²) in [6, 6.07) is 8.17. The van der Waals surface area contributed by atoms with Crippen LogP contribution in [0, 0.1) is 0 Å². The highest BCUT2D eigenvalue weighted by molar-refractivity contribution is 5.31. The Hall–Kier alpha value is -1.14. The zero-order valence-corrected chi connectivity index (χ0v) is 18.2. The number of likely N-dealkylation sites (N-methyl/N-ethyl adjacent to an activating group) is 2. The Labute approximate surface area is 166 Å². The molecular formula is C22H41N2O3+. The van der Waals surface area contributed by atoms with Crippen LogP contribution in [0.1, 0.15) is 43.6 Å². The maximum atomic E-state index is 11.1. The van der Waals surface area contributed by atoms with E-state index in [1.165, 1.54) is 12.0 Å². The first-order valence-corrected chi connectivity index (χ1v) is 10.0. The first kappa shape index (κ1) is 23.9. The van der Waals surface area contributed by atoms with Crippen LogP contribution in [-0.4, -0.2) is 87.2 Å². The molecule has 0 bridgehead atoms. The number of aliphatic hydroxyl groups is 2. The number of aliphatic hydroxyl groups excluding tert-OH is 1. The van der Waals surface area contributed by atoms with E-state index in [4.69, 9.17) is 9.84 Å². The molecule has 1 saturated carbocycles. The van der Waals surface area contributed by atoms with Crippen molar-refractivity contribution in [3.63, 3.8) is 0 Å². The largest absolute Gasteiger partial charge is 0.497 e. The molecule has 1 atom stereocenters. The normalized spacial score (nSPS) is 17.8. The predicted molar refractivity (Wildman–Crippen MR) is 112 cm³/mol. The van der Waals surface area contributed by atoms with E-state index in [-0.39, 0.29) is 12.5 Å². The minimum absolute atomic E-state index is 0.170. The van der Waals surface area contributed by atoms with Gasteiger partial charge in [0.1, 0.15) is 12.3 Å². The number of methoxy groups -OCH3 is 1. The van der Waals surface area contributed by atoms with Gasteiger partial charge in [0.05, 0.1) is 40.5 Å². The van der Waals surface area contributed by atoms with E-state index in [0.29, 0.717) is 0 Å². The second kappa shape index (κ2) is 11.0. The van der Waals surface area contributed by atoms with E-state index < -0.39 is 5.60 Å². The number of hydrogen-bond donors (Lipinski definition) is 2. The highest BCUT2D eigenvalue weighted by atomic mass is 16.5. The van der Waals surface area contributed by atoms with Crippen LogP contribution in [0.2, 0.25) is 0 Å². The number of nitrogens with zero attached hydrogens (tertiary/aromatic N) is 2. The molecule has 1 aromatic rings. The summed E-state index contributed by atoms with van der Waals surface area (Å²) >= 11 is 0. The molecule has 2 N–H and O–H groups in total. The zero-order valence-electron chi connectivity index (χ0n) is 18.2. The van der Waals surface area contributed by atoms with E-state index in [9.17, 15) is 5.11 Å². The van der Waals surface area contributed by atoms with Crippen molar-refractivity contribution in [3.8, 4) is 5.75 Å². The lowest BCUT2D eigenvalue weighted by Gasteiger charge is -2.40. The van der Waals surface area contributed by atoms with E-state index in [1.54, 1.807) is 7.11 Å². The van der Waals surface area contributed by atoms with Crippen LogP contribution >= 0.6 is 0 Å². The van der Waals surface area contributed by atoms with E-state index in [2.05, 4.69) is 52.3 Å². The second-order valence-corrected chi connectivity index (χ2v) is 8.99. The highest BCUT2D eigenvalue weighted by Gasteiger charge is 2.38. The van der Waals surface area contributed by atoms with Gasteiger partial charge in [0.25, 0.3) is 0 Å². The minimum Gasteiger partial charge on any atom is -0.497 e. The van der Waals surface area contributed by atoms with Gasteiger partial charge in [0.2, 0.25) is 0 Å². The summed E-state index contributed by atoms with van der Waals surface area (Å²) in [5, 5.41) is 19.5. The van der Waals surface area contributed by atoms with Gasteiger partial charge >= 0.3 is 0 Å². The Morgan fingerprint density at radius 2 is 1.63 bits per heavy atom. The molecule has 1 aliphatic carbocycles. The summed E-state index contributed by atoms with van der Waals surface area (Å²) in [5.41, 5.74) is 0.654. The fourth-order valence-electron chi connectivity index (χ4n) is 3.60. The molecule has 5 nitrogen and oxygen atoms in total. The number of quaternary nitrogens is 1. The van der Waals surface area contributed by atoms with Crippen molar-refractivity contribution in [2.75, 3.05) is 62.0 Å². The molecule has 1 unspecified atom stereocenters. The molecule has 0 spiro atoms. The lowest BCUT2D eigenvalue weighted by Crippen LogP contribution is -2.42. The number of benzene rings is 1. The fraction of sp³-hybridized carbons (Fsp3) is 0.727. The van der Waals surface area contributed by atoms with Gasteiger partial charge in [0.15, 0.2) is 0 Å². The molecule has 5 heteroatoms. The van der Waals surface area contributed by atoms with Crippen LogP contribution in [0.25, 0.3) is 0 Å². The molecule has 0 heterocycles. The van der Waals surface area contributed by atoms with Crippen LogP contribution in [0.4, 0.5) is 0 Å². The summed E-state index contributed by atoms with van der Waals surface area (Å²) in [4.78, 5) is 2.17. The van der Waals surface area contributed by atoms with Crippen LogP contribution in [-0.2, 0) is 0 Å². The van der Waals surface area contributed by atoms with Gasteiger partial charge in [-0.15, -0.1) is 0 Å². The van der Waals surface area contributed by atoms with Crippen LogP contribution in [0.5, 0.6) is 5.75 Å². The monoisotopic (exact) mass is 381 g/mol. The molecule has 0 amide bonds. The molecule has 1 fully saturated rings. The third-order valence-electron chi connectivity index (χ3n) is 5.20. The zero-order chi connectivity index (χ0) is 20.5. The van der Waals surface area contributed by atoms with Gasteiger partial charge in [-0.2, -0.15) is 0 Å². The van der Waals surface area contributed by atoms with Gasteiger partial charge in [0, 0.05) is 12.5 Å². The molecule has 0 saturated heterocycles. The summed E-state index contributed by atoms with van der Waals surface area (Å²) < 4.78 is 6.07. The fourth-order valence-corrected chi connectivity index (χ4v) is 3.60. The average Bonchev–Trinajstić information content (AvgIpc) is 2.60. The number of hydrogen-bond acceptors (Lipinski definition) is 4. The average molecular weight is 382 g/mol. The summed E-state index contributed by atoms with van der Waals surface area (Å²) in [7, 11) is 12.0. The van der Waals surface area contributed by atoms with Gasteiger partial charge in [-0.1, -0.05) is 31.4 Å². The van der Waals surface area contributed by atoms with Gasteiger partial charge in [-0.25, -0.2) is 0 Å². The Kier molecular flexibility index (Phi) is 9.74. The Morgan fingerprint density at radius 3 is 2.00 bits per heavy atom. The molecular weight excluding hydrogens is 340 g/mol. The topological polar surface area (TPSA) is 52.9 Å². The quantitative estimate of drug-likeness (QED) is 0.713. The lowest BCUT2D eigenvalue weighted by atomic mass is 9.72. The minimum atomic E-state index is -0.558. The third-order valence-corrected chi connectivity index (χ3v) is 5.20. The smallest absolute Gasteiger partial charge is 0.118 e. The summed E-state index contributed by atoms with van der Waals surface area (Å²) in [6.45, 7) is 1.99. The highest BCUT2D eigenvalue weighted by Crippen LogP contribution is 2.40. The van der Waals surface area contributed by atoms with Crippen molar-refractivity contribution < 1.29 is 19.4 Å². The third kappa shape index (κ3) is 8.60. The molecule has 27 heavy (non-hydrogen) atoms. The molecule has 2 rings (SSSR count). The molecule has 0 radical (unpaired) electrons. The standard InChI is InChI=1S/C17H27NO2.C5H14NO/c1-18(2)13-16(17(19)11-5-4-6-12-17)14-7-9-15(20-3)10-8-14;1-6(2,3)4-5-7/h7-10,16,19H,4-6,11-13H2,1-3H3;7H,4-5H2,1-3H3/q;+1. The molecule has 1 aliphatic rings. The van der Waals surface area contributed by atoms with Gasteiger partial charge < -0.3 is 24.3 Å². The van der Waals surface area contributed by atoms with Crippen LogP contribution in [0.15, 0.2) is 24.3 Å². The van der Waals surface area contributed by atoms with E-state index in [0.717, 1.165) is 49.0 Å². The summed E-state index contributed by atoms with van der Waals surface area (Å²) in [6.07, 6.45) is 5.35. The first-order chi connectivity index (χ1) is 12.6. The molecule has 0 aliphatic heterocycles. The Morgan fingerprint density at radius 1 is 1.07 bits per heavy atom. The molecule has 156 valence electrons. The first-order valence-electron chi connectivity index (χ1n) is 10.0. The SMILES string of the molecule is COc1ccc(C(CN(C)C)C2(O)CCCCC2)cc1.C[N+](C)(C)CCO. The van der Waals surface area contributed by atoms with Crippen molar-refractivity contribution >= 4 is 0 Å². The van der Waals surface area contributed by atoms with Crippen molar-refractivity contribution in [1.82, 2.24) is 4.90 Å². The Balaban J connectivity index is 0.000000445. The predicted octanol–water partition coefficient (Wildman–Crippen LogP) is 2.72. The lowest BCUT2D eigenvalue weighted by molar-refractivity contribution is -0.870. The van der Waals surface area contributed by atoms with Crippen molar-refractivity contribution in [2.45, 2.75) is 43.6 Å². The molecule has 0 aromatic heterocycles. The maximum absolute atomic E-state index is 11.1. The van der Waals surface area contributed by atoms with Crippen molar-refractivity contribution in [2.24, 2.45) is 0 Å². The number of rotatable bonds is 7. The Bertz CT molecular complexity index is 517. The summed E-state index contributed by atoms with van der Waals surface area (Å²) in [5.74, 6) is 1.04. The second-order valence-electron chi connectivity index (χ2n) is 8.99. The van der Waals surface area contributed by atoms with Crippen molar-refractivity contribution in [3.05, 3.63) is 29.8 Å². The number of ether oxygens (including phenoxy) is 1. The van der Waals surface area contributed by atoms with Gasteiger partial charge in [-0.3, -0.25) is 0 Å².